The lowest BCUT2D eigenvalue weighted by Crippen LogP contribution is -2.47. The van der Waals surface area contributed by atoms with E-state index in [0.29, 0.717) is 37.8 Å². The van der Waals surface area contributed by atoms with Gasteiger partial charge >= 0.3 is 6.18 Å². The third-order valence-electron chi connectivity index (χ3n) is 3.95. The minimum Gasteiger partial charge on any atom is -0.489 e. The highest BCUT2D eigenvalue weighted by Crippen LogP contribution is 2.20. The van der Waals surface area contributed by atoms with Crippen LogP contribution in [0.1, 0.15) is 13.3 Å². The lowest BCUT2D eigenvalue weighted by molar-refractivity contribution is -0.143. The van der Waals surface area contributed by atoms with Gasteiger partial charge in [-0.25, -0.2) is 4.39 Å². The molecule has 2 unspecified atom stereocenters. The Morgan fingerprint density at radius 1 is 1.35 bits per heavy atom. The number of nitrogens with zero attached hydrogens (tertiary/aromatic N) is 2. The Morgan fingerprint density at radius 3 is 2.65 bits per heavy atom. The van der Waals surface area contributed by atoms with E-state index in [1.54, 1.807) is 19.2 Å². The number of ether oxygens (including phenoxy) is 1. The Kier molecular flexibility index (Phi) is 7.07. The summed E-state index contributed by atoms with van der Waals surface area (Å²) in [7, 11) is 1.60. The van der Waals surface area contributed by atoms with E-state index < -0.39 is 12.7 Å². The van der Waals surface area contributed by atoms with Gasteiger partial charge in [0.05, 0.1) is 13.1 Å². The number of hydrogen-bond donors (Lipinski definition) is 2. The second kappa shape index (κ2) is 9.07. The summed E-state index contributed by atoms with van der Waals surface area (Å²) in [4.78, 5) is 5.47. The van der Waals surface area contributed by atoms with Crippen LogP contribution in [-0.2, 0) is 0 Å². The van der Waals surface area contributed by atoms with Crippen LogP contribution in [0.15, 0.2) is 29.3 Å². The third-order valence-corrected chi connectivity index (χ3v) is 3.95. The van der Waals surface area contributed by atoms with Crippen molar-refractivity contribution in [3.05, 3.63) is 30.1 Å². The summed E-state index contributed by atoms with van der Waals surface area (Å²) in [6.07, 6.45) is -3.76. The standard InChI is InChI=1S/C17H24F4N4O/c1-12(26-15-5-3-13(18)4-6-15)9-23-16(22-2)24-14-7-8-25(10-14)11-17(19,20)21/h3-6,12,14H,7-11H2,1-2H3,(H2,22,23,24). The van der Waals surface area contributed by atoms with Gasteiger partial charge in [-0.05, 0) is 37.6 Å². The topological polar surface area (TPSA) is 48.9 Å². The predicted octanol–water partition coefficient (Wildman–Crippen LogP) is 2.39. The van der Waals surface area contributed by atoms with Crippen molar-refractivity contribution in [2.24, 2.45) is 4.99 Å². The summed E-state index contributed by atoms with van der Waals surface area (Å²) in [5.41, 5.74) is 0. The molecule has 0 aliphatic carbocycles. The largest absolute Gasteiger partial charge is 0.489 e. The number of hydrogen-bond acceptors (Lipinski definition) is 3. The molecule has 1 aliphatic heterocycles. The molecule has 2 N–H and O–H groups in total. The molecule has 1 saturated heterocycles. The molecule has 0 radical (unpaired) electrons. The predicted molar refractivity (Wildman–Crippen MR) is 91.9 cm³/mol. The number of alkyl halides is 3. The van der Waals surface area contributed by atoms with Gasteiger partial charge in [0.2, 0.25) is 0 Å². The van der Waals surface area contributed by atoms with Crippen LogP contribution in [0.2, 0.25) is 0 Å². The van der Waals surface area contributed by atoms with Crippen molar-refractivity contribution in [3.8, 4) is 5.75 Å². The number of benzene rings is 1. The zero-order valence-electron chi connectivity index (χ0n) is 14.8. The summed E-state index contributed by atoms with van der Waals surface area (Å²) in [6.45, 7) is 2.13. The molecule has 0 spiro atoms. The van der Waals surface area contributed by atoms with E-state index in [2.05, 4.69) is 15.6 Å². The number of likely N-dealkylation sites (tertiary alicyclic amines) is 1. The zero-order chi connectivity index (χ0) is 19.2. The highest BCUT2D eigenvalue weighted by molar-refractivity contribution is 5.80. The van der Waals surface area contributed by atoms with Crippen LogP contribution >= 0.6 is 0 Å². The number of rotatable bonds is 6. The van der Waals surface area contributed by atoms with E-state index in [4.69, 9.17) is 4.74 Å². The van der Waals surface area contributed by atoms with Crippen LogP contribution in [0.5, 0.6) is 5.75 Å². The molecule has 146 valence electrons. The normalized spacial score (nSPS) is 20.1. The average Bonchev–Trinajstić information content (AvgIpc) is 2.98. The van der Waals surface area contributed by atoms with Crippen LogP contribution in [0.4, 0.5) is 17.6 Å². The monoisotopic (exact) mass is 376 g/mol. The van der Waals surface area contributed by atoms with Gasteiger partial charge in [-0.3, -0.25) is 9.89 Å². The Morgan fingerprint density at radius 2 is 2.04 bits per heavy atom. The van der Waals surface area contributed by atoms with E-state index in [1.807, 2.05) is 6.92 Å². The van der Waals surface area contributed by atoms with E-state index >= 15 is 0 Å². The maximum Gasteiger partial charge on any atom is 0.401 e. The molecule has 1 aromatic carbocycles. The molecule has 5 nitrogen and oxygen atoms in total. The SMILES string of the molecule is CN=C(NCC(C)Oc1ccc(F)cc1)NC1CCN(CC(F)(F)F)C1. The maximum atomic E-state index is 12.9. The fourth-order valence-corrected chi connectivity index (χ4v) is 2.76. The molecular weight excluding hydrogens is 352 g/mol. The molecular formula is C17H24F4N4O. The molecule has 2 rings (SSSR count). The van der Waals surface area contributed by atoms with Crippen molar-refractivity contribution in [3.63, 3.8) is 0 Å². The third kappa shape index (κ3) is 7.07. The first-order valence-corrected chi connectivity index (χ1v) is 8.43. The van der Waals surface area contributed by atoms with Crippen molar-refractivity contribution in [1.29, 1.82) is 0 Å². The Hall–Kier alpha value is -2.03. The second-order valence-corrected chi connectivity index (χ2v) is 6.32. The van der Waals surface area contributed by atoms with Gasteiger partial charge < -0.3 is 15.4 Å². The van der Waals surface area contributed by atoms with Crippen LogP contribution < -0.4 is 15.4 Å². The van der Waals surface area contributed by atoms with Crippen molar-refractivity contribution < 1.29 is 22.3 Å². The Labute approximate surface area is 150 Å². The number of nitrogens with one attached hydrogen (secondary N) is 2. The van der Waals surface area contributed by atoms with Crippen LogP contribution in [0.3, 0.4) is 0 Å². The van der Waals surface area contributed by atoms with E-state index in [0.717, 1.165) is 0 Å². The Balaban J connectivity index is 1.73. The van der Waals surface area contributed by atoms with Gasteiger partial charge in [-0.1, -0.05) is 0 Å². The zero-order valence-corrected chi connectivity index (χ0v) is 14.8. The summed E-state index contributed by atoms with van der Waals surface area (Å²) in [5.74, 6) is 0.740. The molecule has 1 fully saturated rings. The first-order chi connectivity index (χ1) is 12.2. The van der Waals surface area contributed by atoms with Crippen LogP contribution in [0.25, 0.3) is 0 Å². The van der Waals surface area contributed by atoms with E-state index in [-0.39, 0.29) is 18.0 Å². The van der Waals surface area contributed by atoms with Gasteiger partial charge in [0.1, 0.15) is 17.7 Å². The molecule has 1 heterocycles. The summed E-state index contributed by atoms with van der Waals surface area (Å²) >= 11 is 0. The molecule has 9 heteroatoms. The molecule has 0 amide bonds. The highest BCUT2D eigenvalue weighted by Gasteiger charge is 2.34. The molecule has 1 aliphatic rings. The summed E-state index contributed by atoms with van der Waals surface area (Å²) in [6, 6.07) is 5.65. The van der Waals surface area contributed by atoms with E-state index in [9.17, 15) is 17.6 Å². The van der Waals surface area contributed by atoms with Crippen molar-refractivity contribution in [2.45, 2.75) is 31.7 Å². The molecule has 26 heavy (non-hydrogen) atoms. The van der Waals surface area contributed by atoms with Crippen molar-refractivity contribution in [1.82, 2.24) is 15.5 Å². The fourth-order valence-electron chi connectivity index (χ4n) is 2.76. The lowest BCUT2D eigenvalue weighted by atomic mass is 10.3. The molecule has 0 aromatic heterocycles. The van der Waals surface area contributed by atoms with Crippen LogP contribution in [-0.4, -0.2) is 62.4 Å². The number of guanidine groups is 1. The van der Waals surface area contributed by atoms with Gasteiger partial charge in [0.15, 0.2) is 5.96 Å². The minimum absolute atomic E-state index is 0.0862. The quantitative estimate of drug-likeness (QED) is 0.455. The smallest absolute Gasteiger partial charge is 0.401 e. The van der Waals surface area contributed by atoms with Crippen molar-refractivity contribution in [2.75, 3.05) is 33.2 Å². The molecule has 1 aromatic rings. The summed E-state index contributed by atoms with van der Waals surface area (Å²) in [5, 5.41) is 6.22. The molecule has 2 atom stereocenters. The first-order valence-electron chi connectivity index (χ1n) is 8.43. The molecule has 0 saturated carbocycles. The highest BCUT2D eigenvalue weighted by atomic mass is 19.4. The maximum absolute atomic E-state index is 12.9. The first kappa shape index (κ1) is 20.3. The van der Waals surface area contributed by atoms with Gasteiger partial charge in [-0.2, -0.15) is 13.2 Å². The van der Waals surface area contributed by atoms with E-state index in [1.165, 1.54) is 17.0 Å². The number of aliphatic imine (C=N–C) groups is 1. The summed E-state index contributed by atoms with van der Waals surface area (Å²) < 4.78 is 55.9. The average molecular weight is 376 g/mol. The fraction of sp³-hybridized carbons (Fsp3) is 0.588. The van der Waals surface area contributed by atoms with Gasteiger partial charge in [0, 0.05) is 26.2 Å². The van der Waals surface area contributed by atoms with Crippen molar-refractivity contribution >= 4 is 5.96 Å². The minimum atomic E-state index is -4.18. The van der Waals surface area contributed by atoms with Gasteiger partial charge in [-0.15, -0.1) is 0 Å². The number of halogens is 4. The van der Waals surface area contributed by atoms with Crippen LogP contribution in [0, 0.1) is 5.82 Å². The molecule has 0 bridgehead atoms. The van der Waals surface area contributed by atoms with Gasteiger partial charge in [0.25, 0.3) is 0 Å². The second-order valence-electron chi connectivity index (χ2n) is 6.32. The Bertz CT molecular complexity index is 591. The lowest BCUT2D eigenvalue weighted by Gasteiger charge is -2.21.